The fraction of sp³-hybridized carbons (Fsp3) is 0.536. The molecule has 0 aliphatic carbocycles. The van der Waals surface area contributed by atoms with Gasteiger partial charge in [0, 0.05) is 45.0 Å². The number of aliphatic hydroxyl groups excluding tert-OH is 2. The molecule has 1 amide bonds. The first kappa shape index (κ1) is 28.8. The molecule has 2 aromatic carbocycles. The molecule has 0 fully saturated rings. The van der Waals surface area contributed by atoms with E-state index in [0.717, 1.165) is 70.3 Å². The third-order valence-electron chi connectivity index (χ3n) is 6.00. The van der Waals surface area contributed by atoms with Crippen LogP contribution in [0.4, 0.5) is 0 Å². The van der Waals surface area contributed by atoms with E-state index in [1.807, 2.05) is 24.3 Å². The van der Waals surface area contributed by atoms with Crippen molar-refractivity contribution < 1.29 is 24.9 Å². The van der Waals surface area contributed by atoms with Gasteiger partial charge in [-0.2, -0.15) is 0 Å². The number of nitrogens with one attached hydrogen (secondary N) is 1. The van der Waals surface area contributed by atoms with Crippen LogP contribution in [0.3, 0.4) is 0 Å². The zero-order chi connectivity index (χ0) is 25.5. The molecule has 0 radical (unpaired) electrons. The molecule has 194 valence electrons. The molecule has 0 heterocycles. The van der Waals surface area contributed by atoms with Crippen LogP contribution in [-0.4, -0.2) is 66.5 Å². The summed E-state index contributed by atoms with van der Waals surface area (Å²) >= 11 is 0. The Bertz CT molecular complexity index is 870. The number of aromatic hydroxyl groups is 1. The van der Waals surface area contributed by atoms with E-state index in [1.54, 1.807) is 31.1 Å². The molecule has 7 nitrogen and oxygen atoms in total. The number of hydrogen-bond donors (Lipinski definition) is 4. The highest BCUT2D eigenvalue weighted by Crippen LogP contribution is 2.22. The summed E-state index contributed by atoms with van der Waals surface area (Å²) in [7, 11) is 3.52. The van der Waals surface area contributed by atoms with E-state index in [1.165, 1.54) is 11.6 Å². The predicted octanol–water partition coefficient (Wildman–Crippen LogP) is 3.81. The fourth-order valence-electron chi connectivity index (χ4n) is 3.81. The Morgan fingerprint density at radius 1 is 0.971 bits per heavy atom. The number of nitrogens with zero attached hydrogens (tertiary/aromatic N) is 1. The predicted molar refractivity (Wildman–Crippen MR) is 139 cm³/mol. The van der Waals surface area contributed by atoms with Crippen LogP contribution in [0.15, 0.2) is 42.5 Å². The number of carbonyl (C=O) groups is 1. The van der Waals surface area contributed by atoms with Gasteiger partial charge < -0.3 is 30.3 Å². The van der Waals surface area contributed by atoms with Crippen LogP contribution in [0, 0.1) is 0 Å². The van der Waals surface area contributed by atoms with Crippen molar-refractivity contribution in [3.63, 3.8) is 0 Å². The third-order valence-corrected chi connectivity index (χ3v) is 6.00. The molecule has 0 spiro atoms. The molecule has 0 aliphatic rings. The number of aryl methyl sites for hydroxylation is 1. The first-order chi connectivity index (χ1) is 16.9. The second-order valence-corrected chi connectivity index (χ2v) is 9.15. The van der Waals surface area contributed by atoms with Crippen LogP contribution in [0.1, 0.15) is 71.7 Å². The Balaban J connectivity index is 1.41. The molecule has 1 unspecified atom stereocenters. The molecule has 4 N–H and O–H groups in total. The monoisotopic (exact) mass is 486 g/mol. The maximum atomic E-state index is 11.9. The summed E-state index contributed by atoms with van der Waals surface area (Å²) in [6.45, 7) is 2.61. The third kappa shape index (κ3) is 10.8. The number of amides is 1. The summed E-state index contributed by atoms with van der Waals surface area (Å²) in [5, 5.41) is 32.3. The summed E-state index contributed by atoms with van der Waals surface area (Å²) in [5.74, 6) is 0.0742. The molecular formula is C28H42N2O5. The van der Waals surface area contributed by atoms with Gasteiger partial charge in [0.1, 0.15) is 5.75 Å². The number of ether oxygens (including phenoxy) is 1. The number of aliphatic hydroxyl groups is 2. The number of benzene rings is 2. The molecule has 0 aromatic heterocycles. The maximum absolute atomic E-state index is 11.9. The van der Waals surface area contributed by atoms with Gasteiger partial charge in [-0.3, -0.25) is 4.79 Å². The zero-order valence-corrected chi connectivity index (χ0v) is 21.2. The number of unbranched alkanes of at least 4 members (excludes halogenated alkanes) is 4. The summed E-state index contributed by atoms with van der Waals surface area (Å²) in [6, 6.07) is 12.7. The Kier molecular flexibility index (Phi) is 13.4. The summed E-state index contributed by atoms with van der Waals surface area (Å²) < 4.78 is 5.75. The number of carbonyl (C=O) groups excluding carboxylic acids is 1. The SMILES string of the molecule is CN(C)C(=O)c1ccc(CCCCOCCCCCCNCC(O)c2ccc(O)c(CO)c2)cc1. The second-order valence-electron chi connectivity index (χ2n) is 9.15. The van der Waals surface area contributed by atoms with E-state index in [-0.39, 0.29) is 18.3 Å². The Hall–Kier alpha value is -2.45. The molecule has 0 saturated heterocycles. The van der Waals surface area contributed by atoms with Crippen molar-refractivity contribution in [3.8, 4) is 5.75 Å². The molecule has 7 heteroatoms. The fourth-order valence-corrected chi connectivity index (χ4v) is 3.81. The molecule has 0 aliphatic heterocycles. The first-order valence-electron chi connectivity index (χ1n) is 12.6. The van der Waals surface area contributed by atoms with Crippen LogP contribution in [0.5, 0.6) is 5.75 Å². The smallest absolute Gasteiger partial charge is 0.253 e. The van der Waals surface area contributed by atoms with Gasteiger partial charge in [0.05, 0.1) is 12.7 Å². The lowest BCUT2D eigenvalue weighted by molar-refractivity contribution is 0.0827. The molecule has 1 atom stereocenters. The number of rotatable bonds is 17. The van der Waals surface area contributed by atoms with Crippen LogP contribution < -0.4 is 5.32 Å². The standard InChI is InChI=1S/C28H42N2O5/c1-30(2)28(34)23-12-10-22(11-13-23)9-5-8-18-35-17-7-4-3-6-16-29-20-27(33)24-14-15-26(32)25(19-24)21-31/h10-15,19,27,29,31-33H,3-9,16-18,20-21H2,1-2H3. The van der Waals surface area contributed by atoms with E-state index in [4.69, 9.17) is 4.74 Å². The Morgan fingerprint density at radius 2 is 1.66 bits per heavy atom. The minimum Gasteiger partial charge on any atom is -0.508 e. The maximum Gasteiger partial charge on any atom is 0.253 e. The molecule has 35 heavy (non-hydrogen) atoms. The van der Waals surface area contributed by atoms with E-state index in [0.29, 0.717) is 17.7 Å². The normalized spacial score (nSPS) is 12.0. The largest absolute Gasteiger partial charge is 0.508 e. The summed E-state index contributed by atoms with van der Waals surface area (Å²) in [6.07, 6.45) is 6.78. The first-order valence-corrected chi connectivity index (χ1v) is 12.6. The van der Waals surface area contributed by atoms with Crippen molar-refractivity contribution in [2.75, 3.05) is 40.4 Å². The summed E-state index contributed by atoms with van der Waals surface area (Å²) in [4.78, 5) is 13.5. The number of phenols is 1. The van der Waals surface area contributed by atoms with E-state index < -0.39 is 6.10 Å². The molecule has 2 rings (SSSR count). The van der Waals surface area contributed by atoms with Crippen LogP contribution >= 0.6 is 0 Å². The van der Waals surface area contributed by atoms with Gasteiger partial charge in [0.2, 0.25) is 0 Å². The molecule has 0 saturated carbocycles. The lowest BCUT2D eigenvalue weighted by Crippen LogP contribution is -2.22. The van der Waals surface area contributed by atoms with E-state index >= 15 is 0 Å². The topological polar surface area (TPSA) is 102 Å². The van der Waals surface area contributed by atoms with Crippen molar-refractivity contribution in [3.05, 3.63) is 64.7 Å². The van der Waals surface area contributed by atoms with Gasteiger partial charge in [-0.15, -0.1) is 0 Å². The molecular weight excluding hydrogens is 444 g/mol. The number of hydrogen-bond acceptors (Lipinski definition) is 6. The van der Waals surface area contributed by atoms with Crippen molar-refractivity contribution >= 4 is 5.91 Å². The van der Waals surface area contributed by atoms with Gasteiger partial charge in [-0.25, -0.2) is 0 Å². The zero-order valence-electron chi connectivity index (χ0n) is 21.2. The van der Waals surface area contributed by atoms with Crippen molar-refractivity contribution in [1.29, 1.82) is 0 Å². The highest BCUT2D eigenvalue weighted by Gasteiger charge is 2.10. The van der Waals surface area contributed by atoms with Gasteiger partial charge in [-0.05, 0) is 74.0 Å². The average Bonchev–Trinajstić information content (AvgIpc) is 2.86. The quantitative estimate of drug-likeness (QED) is 0.254. The lowest BCUT2D eigenvalue weighted by atomic mass is 10.1. The highest BCUT2D eigenvalue weighted by molar-refractivity contribution is 5.93. The molecule has 0 bridgehead atoms. The van der Waals surface area contributed by atoms with Crippen molar-refractivity contribution in [2.24, 2.45) is 0 Å². The van der Waals surface area contributed by atoms with E-state index in [2.05, 4.69) is 5.32 Å². The van der Waals surface area contributed by atoms with Crippen LogP contribution in [0.25, 0.3) is 0 Å². The lowest BCUT2D eigenvalue weighted by Gasteiger charge is -2.14. The van der Waals surface area contributed by atoms with Gasteiger partial charge in [-0.1, -0.05) is 31.0 Å². The van der Waals surface area contributed by atoms with Crippen LogP contribution in [0.2, 0.25) is 0 Å². The van der Waals surface area contributed by atoms with Gasteiger partial charge in [0.15, 0.2) is 0 Å². The average molecular weight is 487 g/mol. The van der Waals surface area contributed by atoms with E-state index in [9.17, 15) is 20.1 Å². The Morgan fingerprint density at radius 3 is 2.34 bits per heavy atom. The van der Waals surface area contributed by atoms with Crippen molar-refractivity contribution in [2.45, 2.75) is 57.7 Å². The summed E-state index contributed by atoms with van der Waals surface area (Å²) in [5.41, 5.74) is 3.08. The van der Waals surface area contributed by atoms with Gasteiger partial charge >= 0.3 is 0 Å². The molecule has 2 aromatic rings. The minimum absolute atomic E-state index is 0.0311. The van der Waals surface area contributed by atoms with Crippen LogP contribution in [-0.2, 0) is 17.8 Å². The van der Waals surface area contributed by atoms with Crippen molar-refractivity contribution in [1.82, 2.24) is 10.2 Å². The second kappa shape index (κ2) is 16.3. The van der Waals surface area contributed by atoms with Gasteiger partial charge in [0.25, 0.3) is 5.91 Å². The Labute approximate surface area is 209 Å². The minimum atomic E-state index is -0.666. The highest BCUT2D eigenvalue weighted by atomic mass is 16.5.